The molecule has 0 aromatic heterocycles. The Hall–Kier alpha value is -2.99. The SMILES string of the molecule is O=C(NCCCC(=O)N1CCN(C/C=C/c2ccccc2)CC1)c1ccc(F)cc1. The zero-order valence-electron chi connectivity index (χ0n) is 17.1. The van der Waals surface area contributed by atoms with E-state index < -0.39 is 0 Å². The smallest absolute Gasteiger partial charge is 0.251 e. The number of benzene rings is 2. The van der Waals surface area contributed by atoms with Crippen LogP contribution >= 0.6 is 0 Å². The minimum Gasteiger partial charge on any atom is -0.352 e. The van der Waals surface area contributed by atoms with Gasteiger partial charge in [0.1, 0.15) is 5.82 Å². The summed E-state index contributed by atoms with van der Waals surface area (Å²) in [5.41, 5.74) is 1.61. The van der Waals surface area contributed by atoms with Crippen LogP contribution in [0.25, 0.3) is 6.08 Å². The third kappa shape index (κ3) is 6.81. The van der Waals surface area contributed by atoms with E-state index in [0.717, 1.165) is 32.7 Å². The Morgan fingerprint density at radius 3 is 2.37 bits per heavy atom. The maximum atomic E-state index is 12.9. The molecule has 1 saturated heterocycles. The second kappa shape index (κ2) is 11.3. The molecule has 1 aliphatic rings. The van der Waals surface area contributed by atoms with Gasteiger partial charge in [0.2, 0.25) is 5.91 Å². The van der Waals surface area contributed by atoms with Crippen molar-refractivity contribution in [1.82, 2.24) is 15.1 Å². The molecule has 0 bridgehead atoms. The Balaban J connectivity index is 1.30. The molecule has 1 N–H and O–H groups in total. The van der Waals surface area contributed by atoms with E-state index in [1.807, 2.05) is 23.1 Å². The molecular formula is C24H28FN3O2. The Labute approximate surface area is 177 Å². The van der Waals surface area contributed by atoms with E-state index in [-0.39, 0.29) is 17.6 Å². The first-order chi connectivity index (χ1) is 14.6. The molecular weight excluding hydrogens is 381 g/mol. The topological polar surface area (TPSA) is 52.7 Å². The Kier molecular flexibility index (Phi) is 8.15. The lowest BCUT2D eigenvalue weighted by Crippen LogP contribution is -2.48. The van der Waals surface area contributed by atoms with Crippen molar-refractivity contribution >= 4 is 17.9 Å². The monoisotopic (exact) mass is 409 g/mol. The van der Waals surface area contributed by atoms with Crippen LogP contribution in [-0.4, -0.2) is 60.9 Å². The van der Waals surface area contributed by atoms with Gasteiger partial charge in [-0.25, -0.2) is 4.39 Å². The van der Waals surface area contributed by atoms with Gasteiger partial charge in [-0.1, -0.05) is 42.5 Å². The zero-order chi connectivity index (χ0) is 21.2. The quantitative estimate of drug-likeness (QED) is 0.682. The van der Waals surface area contributed by atoms with Gasteiger partial charge in [0.05, 0.1) is 0 Å². The second-order valence-corrected chi connectivity index (χ2v) is 7.36. The molecule has 2 amide bonds. The lowest BCUT2D eigenvalue weighted by atomic mass is 10.2. The van der Waals surface area contributed by atoms with E-state index in [1.54, 1.807) is 0 Å². The number of amides is 2. The third-order valence-electron chi connectivity index (χ3n) is 5.16. The van der Waals surface area contributed by atoms with Crippen molar-refractivity contribution in [3.8, 4) is 0 Å². The number of hydrogen-bond donors (Lipinski definition) is 1. The number of carbonyl (C=O) groups is 2. The van der Waals surface area contributed by atoms with Crippen molar-refractivity contribution in [2.45, 2.75) is 12.8 Å². The summed E-state index contributed by atoms with van der Waals surface area (Å²) in [5.74, 6) is -0.491. The fraction of sp³-hybridized carbons (Fsp3) is 0.333. The van der Waals surface area contributed by atoms with Crippen LogP contribution in [0.1, 0.15) is 28.8 Å². The van der Waals surface area contributed by atoms with E-state index in [1.165, 1.54) is 29.8 Å². The molecule has 0 atom stereocenters. The molecule has 0 spiro atoms. The fourth-order valence-corrected chi connectivity index (χ4v) is 3.38. The van der Waals surface area contributed by atoms with Gasteiger partial charge >= 0.3 is 0 Å². The predicted molar refractivity (Wildman–Crippen MR) is 116 cm³/mol. The summed E-state index contributed by atoms with van der Waals surface area (Å²) in [7, 11) is 0. The average Bonchev–Trinajstić information content (AvgIpc) is 2.78. The molecule has 6 heteroatoms. The highest BCUT2D eigenvalue weighted by atomic mass is 19.1. The van der Waals surface area contributed by atoms with E-state index >= 15 is 0 Å². The van der Waals surface area contributed by atoms with Crippen LogP contribution in [-0.2, 0) is 4.79 Å². The Morgan fingerprint density at radius 2 is 1.67 bits per heavy atom. The highest BCUT2D eigenvalue weighted by Crippen LogP contribution is 2.07. The lowest BCUT2D eigenvalue weighted by Gasteiger charge is -2.34. The summed E-state index contributed by atoms with van der Waals surface area (Å²) >= 11 is 0. The van der Waals surface area contributed by atoms with E-state index in [9.17, 15) is 14.0 Å². The Morgan fingerprint density at radius 1 is 0.967 bits per heavy atom. The molecule has 2 aromatic carbocycles. The molecule has 158 valence electrons. The minimum atomic E-state index is -0.371. The molecule has 0 aliphatic carbocycles. The van der Waals surface area contributed by atoms with Crippen molar-refractivity contribution in [3.05, 3.63) is 77.6 Å². The van der Waals surface area contributed by atoms with Gasteiger partial charge in [-0.2, -0.15) is 0 Å². The summed E-state index contributed by atoms with van der Waals surface area (Å²) < 4.78 is 12.9. The predicted octanol–water partition coefficient (Wildman–Crippen LogP) is 3.19. The van der Waals surface area contributed by atoms with Crippen molar-refractivity contribution in [2.75, 3.05) is 39.3 Å². The molecule has 1 fully saturated rings. The average molecular weight is 410 g/mol. The number of piperazine rings is 1. The molecule has 3 rings (SSSR count). The Bertz CT molecular complexity index is 845. The van der Waals surface area contributed by atoms with E-state index in [4.69, 9.17) is 0 Å². The molecule has 0 saturated carbocycles. The summed E-state index contributed by atoms with van der Waals surface area (Å²) in [4.78, 5) is 28.6. The number of hydrogen-bond acceptors (Lipinski definition) is 3. The van der Waals surface area contributed by atoms with Gasteiger partial charge in [0.25, 0.3) is 5.91 Å². The lowest BCUT2D eigenvalue weighted by molar-refractivity contribution is -0.132. The molecule has 0 radical (unpaired) electrons. The first-order valence-corrected chi connectivity index (χ1v) is 10.4. The third-order valence-corrected chi connectivity index (χ3v) is 5.16. The van der Waals surface area contributed by atoms with Crippen LogP contribution in [0, 0.1) is 5.82 Å². The first-order valence-electron chi connectivity index (χ1n) is 10.4. The largest absolute Gasteiger partial charge is 0.352 e. The van der Waals surface area contributed by atoms with Crippen molar-refractivity contribution in [1.29, 1.82) is 0 Å². The van der Waals surface area contributed by atoms with Crippen LogP contribution in [0.4, 0.5) is 4.39 Å². The van der Waals surface area contributed by atoms with E-state index in [2.05, 4.69) is 34.5 Å². The van der Waals surface area contributed by atoms with Crippen molar-refractivity contribution in [2.24, 2.45) is 0 Å². The zero-order valence-corrected chi connectivity index (χ0v) is 17.1. The summed E-state index contributed by atoms with van der Waals surface area (Å²) in [5, 5.41) is 2.77. The molecule has 2 aromatic rings. The number of nitrogens with zero attached hydrogens (tertiary/aromatic N) is 2. The highest BCUT2D eigenvalue weighted by Gasteiger charge is 2.20. The molecule has 1 heterocycles. The molecule has 0 unspecified atom stereocenters. The normalized spacial score (nSPS) is 14.8. The highest BCUT2D eigenvalue weighted by molar-refractivity contribution is 5.94. The standard InChI is InChI=1S/C24H28FN3O2/c25-22-12-10-21(11-13-22)24(30)26-14-4-9-23(29)28-18-16-27(17-19-28)15-5-8-20-6-2-1-3-7-20/h1-3,5-8,10-13H,4,9,14-19H2,(H,26,30)/b8-5+. The molecule has 30 heavy (non-hydrogen) atoms. The maximum absolute atomic E-state index is 12.9. The number of rotatable bonds is 8. The maximum Gasteiger partial charge on any atom is 0.251 e. The van der Waals surface area contributed by atoms with Gasteiger partial charge in [-0.05, 0) is 36.2 Å². The summed E-state index contributed by atoms with van der Waals surface area (Å²) in [6.45, 7) is 4.51. The van der Waals surface area contributed by atoms with Gasteiger partial charge in [-0.15, -0.1) is 0 Å². The molecule has 5 nitrogen and oxygen atoms in total. The van der Waals surface area contributed by atoms with Crippen LogP contribution in [0.15, 0.2) is 60.7 Å². The van der Waals surface area contributed by atoms with Crippen LogP contribution < -0.4 is 5.32 Å². The summed E-state index contributed by atoms with van der Waals surface area (Å²) in [6.07, 6.45) is 5.29. The van der Waals surface area contributed by atoms with Crippen molar-refractivity contribution < 1.29 is 14.0 Å². The minimum absolute atomic E-state index is 0.130. The van der Waals surface area contributed by atoms with Crippen LogP contribution in [0.5, 0.6) is 0 Å². The van der Waals surface area contributed by atoms with Crippen molar-refractivity contribution in [3.63, 3.8) is 0 Å². The van der Waals surface area contributed by atoms with Gasteiger partial charge in [0, 0.05) is 51.3 Å². The van der Waals surface area contributed by atoms with Crippen LogP contribution in [0.3, 0.4) is 0 Å². The van der Waals surface area contributed by atoms with Gasteiger partial charge < -0.3 is 10.2 Å². The second-order valence-electron chi connectivity index (χ2n) is 7.36. The van der Waals surface area contributed by atoms with E-state index in [0.29, 0.717) is 24.9 Å². The van der Waals surface area contributed by atoms with Crippen LogP contribution in [0.2, 0.25) is 0 Å². The fourth-order valence-electron chi connectivity index (χ4n) is 3.38. The first kappa shape index (κ1) is 21.7. The van der Waals surface area contributed by atoms with Gasteiger partial charge in [-0.3, -0.25) is 14.5 Å². The number of nitrogens with one attached hydrogen (secondary N) is 1. The van der Waals surface area contributed by atoms with Gasteiger partial charge in [0.15, 0.2) is 0 Å². The summed E-state index contributed by atoms with van der Waals surface area (Å²) in [6, 6.07) is 15.6. The number of halogens is 1. The number of carbonyl (C=O) groups excluding carboxylic acids is 2. The molecule has 1 aliphatic heterocycles.